The first-order chi connectivity index (χ1) is 16.5. The molecule has 0 aliphatic heterocycles. The van der Waals surface area contributed by atoms with Gasteiger partial charge in [-0.3, -0.25) is 4.79 Å². The maximum Gasteiger partial charge on any atom is 0.418 e. The van der Waals surface area contributed by atoms with Gasteiger partial charge in [-0.25, -0.2) is 27.7 Å². The van der Waals surface area contributed by atoms with Crippen molar-refractivity contribution in [2.24, 2.45) is 0 Å². The van der Waals surface area contributed by atoms with E-state index < -0.39 is 39.0 Å². The van der Waals surface area contributed by atoms with Gasteiger partial charge in [0, 0.05) is 11.8 Å². The summed E-state index contributed by atoms with van der Waals surface area (Å²) < 4.78 is 73.4. The molecule has 9 nitrogen and oxygen atoms in total. The molecule has 0 spiro atoms. The molecule has 2 aromatic carbocycles. The van der Waals surface area contributed by atoms with Gasteiger partial charge in [-0.2, -0.15) is 13.2 Å². The lowest BCUT2D eigenvalue weighted by molar-refractivity contribution is -0.137. The molecule has 0 fully saturated rings. The van der Waals surface area contributed by atoms with Crippen LogP contribution >= 0.6 is 0 Å². The summed E-state index contributed by atoms with van der Waals surface area (Å²) >= 11 is 0. The SMILES string of the molecule is CNS(=O)(=O)c1cc(-c2ccc3nc(N)n(-c4ccccc4C(F)(F)F)c(=O)c3c2)cnc1OC. The van der Waals surface area contributed by atoms with Crippen LogP contribution in [0.15, 0.2) is 64.4 Å². The van der Waals surface area contributed by atoms with Gasteiger partial charge in [0.05, 0.1) is 29.3 Å². The fourth-order valence-corrected chi connectivity index (χ4v) is 4.44. The van der Waals surface area contributed by atoms with Crippen LogP contribution in [0.1, 0.15) is 5.56 Å². The predicted molar refractivity (Wildman–Crippen MR) is 123 cm³/mol. The molecule has 182 valence electrons. The topological polar surface area (TPSA) is 129 Å². The Morgan fingerprint density at radius 1 is 1.09 bits per heavy atom. The number of alkyl halides is 3. The zero-order valence-corrected chi connectivity index (χ0v) is 19.1. The van der Waals surface area contributed by atoms with Gasteiger partial charge in [0.2, 0.25) is 21.9 Å². The maximum absolute atomic E-state index is 13.6. The van der Waals surface area contributed by atoms with E-state index in [1.807, 2.05) is 0 Å². The van der Waals surface area contributed by atoms with Gasteiger partial charge >= 0.3 is 6.18 Å². The number of nitrogens with two attached hydrogens (primary N) is 1. The summed E-state index contributed by atoms with van der Waals surface area (Å²) in [4.78, 5) is 21.2. The lowest BCUT2D eigenvalue weighted by Gasteiger charge is -2.16. The van der Waals surface area contributed by atoms with Crippen molar-refractivity contribution in [2.45, 2.75) is 11.1 Å². The third-order valence-electron chi connectivity index (χ3n) is 5.25. The van der Waals surface area contributed by atoms with Crippen LogP contribution in [0.4, 0.5) is 19.1 Å². The number of halogens is 3. The zero-order valence-electron chi connectivity index (χ0n) is 18.3. The van der Waals surface area contributed by atoms with E-state index in [0.717, 1.165) is 12.1 Å². The number of ether oxygens (including phenoxy) is 1. The van der Waals surface area contributed by atoms with Gasteiger partial charge < -0.3 is 10.5 Å². The average molecular weight is 505 g/mol. The monoisotopic (exact) mass is 505 g/mol. The Labute approximate surface area is 197 Å². The van der Waals surface area contributed by atoms with E-state index in [1.165, 1.54) is 50.7 Å². The number of aromatic nitrogens is 3. The van der Waals surface area contributed by atoms with Crippen molar-refractivity contribution in [3.05, 3.63) is 70.6 Å². The van der Waals surface area contributed by atoms with E-state index in [-0.39, 0.29) is 21.7 Å². The number of nitrogens with zero attached hydrogens (tertiary/aromatic N) is 3. The van der Waals surface area contributed by atoms with Crippen LogP contribution in [-0.2, 0) is 16.2 Å². The van der Waals surface area contributed by atoms with Crippen LogP contribution in [0, 0.1) is 0 Å². The quantitative estimate of drug-likeness (QED) is 0.427. The third kappa shape index (κ3) is 4.31. The van der Waals surface area contributed by atoms with Crippen molar-refractivity contribution in [1.29, 1.82) is 0 Å². The minimum atomic E-state index is -4.73. The molecule has 0 radical (unpaired) electrons. The largest absolute Gasteiger partial charge is 0.480 e. The number of hydrogen-bond donors (Lipinski definition) is 2. The molecule has 0 aliphatic carbocycles. The molecule has 0 saturated carbocycles. The summed E-state index contributed by atoms with van der Waals surface area (Å²) in [7, 11) is -1.43. The van der Waals surface area contributed by atoms with Gasteiger partial charge in [-0.15, -0.1) is 0 Å². The van der Waals surface area contributed by atoms with E-state index in [2.05, 4.69) is 14.7 Å². The minimum Gasteiger partial charge on any atom is -0.480 e. The van der Waals surface area contributed by atoms with Gasteiger partial charge in [0.1, 0.15) is 4.90 Å². The number of methoxy groups -OCH3 is 1. The Balaban J connectivity index is 1.96. The lowest BCUT2D eigenvalue weighted by atomic mass is 10.1. The van der Waals surface area contributed by atoms with Crippen molar-refractivity contribution in [1.82, 2.24) is 19.3 Å². The highest BCUT2D eigenvalue weighted by Gasteiger charge is 2.34. The first-order valence-electron chi connectivity index (χ1n) is 9.94. The highest BCUT2D eigenvalue weighted by molar-refractivity contribution is 7.89. The van der Waals surface area contributed by atoms with Crippen LogP contribution in [0.3, 0.4) is 0 Å². The standard InChI is InChI=1S/C22H18F3N5O4S/c1-27-35(32,33)18-10-13(11-28-19(18)34-2)12-7-8-16-14(9-12)20(31)30(21(26)29-16)17-6-4-3-5-15(17)22(23,24)25/h3-11,27H,1-2H3,(H2,26,29). The summed E-state index contributed by atoms with van der Waals surface area (Å²) in [6, 6.07) is 10.2. The molecule has 0 atom stereocenters. The third-order valence-corrected chi connectivity index (χ3v) is 6.66. The fourth-order valence-electron chi connectivity index (χ4n) is 3.57. The fraction of sp³-hybridized carbons (Fsp3) is 0.136. The highest BCUT2D eigenvalue weighted by Crippen LogP contribution is 2.34. The molecule has 2 aromatic heterocycles. The van der Waals surface area contributed by atoms with Gasteiger partial charge in [0.25, 0.3) is 5.56 Å². The Kier molecular flexibility index (Phi) is 5.99. The molecule has 4 rings (SSSR count). The van der Waals surface area contributed by atoms with Gasteiger partial charge in [-0.1, -0.05) is 18.2 Å². The number of nitrogens with one attached hydrogen (secondary N) is 1. The molecular weight excluding hydrogens is 487 g/mol. The van der Waals surface area contributed by atoms with Crippen molar-refractivity contribution in [2.75, 3.05) is 19.9 Å². The smallest absolute Gasteiger partial charge is 0.418 e. The Morgan fingerprint density at radius 2 is 1.80 bits per heavy atom. The van der Waals surface area contributed by atoms with E-state index in [1.54, 1.807) is 6.07 Å². The van der Waals surface area contributed by atoms with Crippen LogP contribution in [-0.4, -0.2) is 37.1 Å². The van der Waals surface area contributed by atoms with Gasteiger partial charge in [-0.05, 0) is 42.9 Å². The predicted octanol–water partition coefficient (Wildman–Crippen LogP) is 2.97. The number of anilines is 1. The molecule has 4 aromatic rings. The Hall–Kier alpha value is -3.97. The minimum absolute atomic E-state index is 0.0254. The van der Waals surface area contributed by atoms with E-state index in [9.17, 15) is 26.4 Å². The number of rotatable bonds is 5. The number of para-hydroxylation sites is 1. The molecule has 35 heavy (non-hydrogen) atoms. The second kappa shape index (κ2) is 8.67. The van der Waals surface area contributed by atoms with Gasteiger partial charge in [0.15, 0.2) is 0 Å². The summed E-state index contributed by atoms with van der Waals surface area (Å²) in [6.07, 6.45) is -3.39. The van der Waals surface area contributed by atoms with Crippen LogP contribution < -0.4 is 20.8 Å². The Bertz CT molecular complexity index is 1620. The molecule has 0 saturated heterocycles. The molecule has 0 unspecified atom stereocenters. The second-order valence-corrected chi connectivity index (χ2v) is 9.15. The molecule has 3 N–H and O–H groups in total. The summed E-state index contributed by atoms with van der Waals surface area (Å²) in [5.41, 5.74) is 4.40. The van der Waals surface area contributed by atoms with E-state index >= 15 is 0 Å². The number of hydrogen-bond acceptors (Lipinski definition) is 7. The van der Waals surface area contributed by atoms with Crippen LogP contribution in [0.2, 0.25) is 0 Å². The summed E-state index contributed by atoms with van der Waals surface area (Å²) in [5.74, 6) is -0.551. The molecule has 13 heteroatoms. The van der Waals surface area contributed by atoms with E-state index in [4.69, 9.17) is 10.5 Å². The van der Waals surface area contributed by atoms with E-state index in [0.29, 0.717) is 15.7 Å². The Morgan fingerprint density at radius 3 is 2.46 bits per heavy atom. The van der Waals surface area contributed by atoms with Crippen LogP contribution in [0.25, 0.3) is 27.7 Å². The van der Waals surface area contributed by atoms with Crippen LogP contribution in [0.5, 0.6) is 5.88 Å². The molecule has 0 aliphatic rings. The van der Waals surface area contributed by atoms with Crippen molar-refractivity contribution in [3.8, 4) is 22.7 Å². The number of fused-ring (bicyclic) bond motifs is 1. The number of nitrogen functional groups attached to an aromatic ring is 1. The average Bonchev–Trinajstić information content (AvgIpc) is 2.83. The molecule has 2 heterocycles. The second-order valence-electron chi connectivity index (χ2n) is 7.30. The highest BCUT2D eigenvalue weighted by atomic mass is 32.2. The summed E-state index contributed by atoms with van der Waals surface area (Å²) in [6.45, 7) is 0. The maximum atomic E-state index is 13.6. The first-order valence-corrected chi connectivity index (χ1v) is 11.4. The van der Waals surface area contributed by atoms with Crippen molar-refractivity contribution in [3.63, 3.8) is 0 Å². The molecule has 0 amide bonds. The molecular formula is C22H18F3N5O4S. The number of pyridine rings is 1. The molecule has 0 bridgehead atoms. The number of sulfonamides is 1. The first kappa shape index (κ1) is 24.2. The summed E-state index contributed by atoms with van der Waals surface area (Å²) in [5, 5.41) is -0.0254. The van der Waals surface area contributed by atoms with Crippen molar-refractivity contribution < 1.29 is 26.3 Å². The zero-order chi connectivity index (χ0) is 25.5. The lowest BCUT2D eigenvalue weighted by Crippen LogP contribution is -2.25. The number of benzene rings is 2. The normalized spacial score (nSPS) is 12.1. The van der Waals surface area contributed by atoms with Crippen molar-refractivity contribution >= 4 is 26.9 Å².